The predicted octanol–water partition coefficient (Wildman–Crippen LogP) is 6.95. The molecule has 0 aliphatic heterocycles. The summed E-state index contributed by atoms with van der Waals surface area (Å²) < 4.78 is 80.2. The van der Waals surface area contributed by atoms with Crippen molar-refractivity contribution in [3.63, 3.8) is 0 Å². The van der Waals surface area contributed by atoms with Gasteiger partial charge in [-0.3, -0.25) is 19.1 Å². The number of alkyl halides is 3. The second kappa shape index (κ2) is 14.1. The fourth-order valence-electron chi connectivity index (χ4n) is 6.28. The number of carbonyl (C=O) groups is 2. The van der Waals surface area contributed by atoms with Crippen LogP contribution in [0.4, 0.5) is 18.0 Å². The molecule has 0 bridgehead atoms. The van der Waals surface area contributed by atoms with E-state index in [1.807, 2.05) is 20.8 Å². The van der Waals surface area contributed by atoms with Gasteiger partial charge in [-0.25, -0.2) is 22.2 Å². The van der Waals surface area contributed by atoms with Gasteiger partial charge in [0.1, 0.15) is 10.3 Å². The third kappa shape index (κ3) is 7.89. The van der Waals surface area contributed by atoms with Crippen LogP contribution in [0.3, 0.4) is 0 Å². The quantitative estimate of drug-likeness (QED) is 0.171. The van der Waals surface area contributed by atoms with Crippen LogP contribution in [0.2, 0.25) is 0 Å². The molecule has 1 aliphatic carbocycles. The summed E-state index contributed by atoms with van der Waals surface area (Å²) in [5, 5.41) is 17.6. The van der Waals surface area contributed by atoms with Gasteiger partial charge in [-0.2, -0.15) is 23.4 Å². The number of fused-ring (bicyclic) bond motifs is 1. The minimum absolute atomic E-state index is 0.0423. The highest BCUT2D eigenvalue weighted by molar-refractivity contribution is 7.91. The summed E-state index contributed by atoms with van der Waals surface area (Å²) >= 11 is 0. The number of hydrogen-bond donors (Lipinski definition) is 1. The van der Waals surface area contributed by atoms with E-state index in [2.05, 4.69) is 15.2 Å². The number of carboxylic acid groups (broad SMARTS) is 1. The molecule has 17 heteroatoms. The number of pyridine rings is 1. The van der Waals surface area contributed by atoms with E-state index in [9.17, 15) is 31.2 Å². The number of carbonyl (C=O) groups excluding carboxylic acids is 1. The van der Waals surface area contributed by atoms with Gasteiger partial charge in [-0.05, 0) is 79.0 Å². The minimum atomic E-state index is -4.89. The minimum Gasteiger partial charge on any atom is -0.481 e. The lowest BCUT2D eigenvalue weighted by atomic mass is 9.91. The number of rotatable bonds is 11. The van der Waals surface area contributed by atoms with Crippen LogP contribution < -0.4 is 0 Å². The van der Waals surface area contributed by atoms with Crippen molar-refractivity contribution in [1.29, 1.82) is 0 Å². The second-order valence-corrected chi connectivity index (χ2v) is 16.9. The fourth-order valence-corrected chi connectivity index (χ4v) is 7.93. The van der Waals surface area contributed by atoms with Crippen LogP contribution in [0.1, 0.15) is 83.5 Å². The molecule has 0 radical (unpaired) electrons. The van der Waals surface area contributed by atoms with E-state index < -0.39 is 44.3 Å². The van der Waals surface area contributed by atoms with E-state index in [0.717, 1.165) is 26.7 Å². The van der Waals surface area contributed by atoms with Crippen LogP contribution >= 0.6 is 0 Å². The van der Waals surface area contributed by atoms with E-state index in [-0.39, 0.29) is 60.6 Å². The Bertz CT molecular complexity index is 2220. The first-order valence-corrected chi connectivity index (χ1v) is 18.5. The van der Waals surface area contributed by atoms with E-state index in [1.54, 1.807) is 55.6 Å². The second-order valence-electron chi connectivity index (χ2n) is 14.6. The molecule has 4 aromatic heterocycles. The Morgan fingerprint density at radius 3 is 2.45 bits per heavy atom. The summed E-state index contributed by atoms with van der Waals surface area (Å²) in [6.07, 6.45) is 3.18. The Morgan fingerprint density at radius 1 is 1.13 bits per heavy atom. The molecule has 13 nitrogen and oxygen atoms in total. The summed E-state index contributed by atoms with van der Waals surface area (Å²) in [6, 6.07) is 2.74. The summed E-state index contributed by atoms with van der Waals surface area (Å²) in [7, 11) is -2.68. The van der Waals surface area contributed by atoms with Crippen LogP contribution in [0.25, 0.3) is 27.7 Å². The molecule has 0 saturated carbocycles. The molecule has 0 fully saturated rings. The Balaban J connectivity index is 1.60. The fraction of sp³-hybridized carbons (Fsp3) is 0.472. The monoisotopic (exact) mass is 759 g/mol. The van der Waals surface area contributed by atoms with E-state index in [0.29, 0.717) is 16.8 Å². The normalized spacial score (nSPS) is 16.7. The molecular weight excluding hydrogens is 715 g/mol. The predicted molar refractivity (Wildman–Crippen MR) is 192 cm³/mol. The van der Waals surface area contributed by atoms with Crippen LogP contribution in [0.15, 0.2) is 49.0 Å². The van der Waals surface area contributed by atoms with Crippen LogP contribution in [0.5, 0.6) is 0 Å². The number of allylic oxidation sites excluding steroid dienone is 3. The first kappa shape index (κ1) is 39.3. The zero-order valence-electron chi connectivity index (χ0n) is 30.9. The Hall–Kier alpha value is -4.93. The number of aromatic nitrogens is 6. The largest absolute Gasteiger partial charge is 0.481 e. The van der Waals surface area contributed by atoms with Gasteiger partial charge in [0.05, 0.1) is 12.2 Å². The van der Waals surface area contributed by atoms with E-state index in [4.69, 9.17) is 9.84 Å². The van der Waals surface area contributed by atoms with Gasteiger partial charge >= 0.3 is 18.2 Å². The molecule has 0 spiro atoms. The topological polar surface area (TPSA) is 154 Å². The van der Waals surface area contributed by atoms with Crippen LogP contribution in [-0.2, 0) is 45.9 Å². The Morgan fingerprint density at radius 2 is 1.83 bits per heavy atom. The van der Waals surface area contributed by atoms with Crippen LogP contribution in [-0.4, -0.2) is 75.4 Å². The average molecular weight is 760 g/mol. The van der Waals surface area contributed by atoms with Gasteiger partial charge in [0.15, 0.2) is 11.3 Å². The number of nitrogens with zero attached hydrogens (tertiary/aromatic N) is 7. The molecule has 53 heavy (non-hydrogen) atoms. The number of aryl methyl sites for hydroxylation is 2. The maximum absolute atomic E-state index is 14.8. The van der Waals surface area contributed by atoms with Crippen molar-refractivity contribution >= 4 is 38.7 Å². The standard InChI is InChI=1S/C36H44F3N7O6S/c1-22(2)45(33(49)52-34(4,5)6)21-28-30(23(3)43(8)41-28)24-12-9-15-35(7,18-24)53(50,51)46-20-26(25-13-10-16-40-32(25)46)27-19-44(17-11-14-29(47)48)42-31(27)36(37,38)39/h9-10,12-13,16,18-20,22H,11,14-15,17,21H2,1-8H3,(H,47,48). The van der Waals surface area contributed by atoms with Gasteiger partial charge in [0.25, 0.3) is 0 Å². The highest BCUT2D eigenvalue weighted by Crippen LogP contribution is 2.42. The van der Waals surface area contributed by atoms with Gasteiger partial charge in [0, 0.05) is 72.4 Å². The summed E-state index contributed by atoms with van der Waals surface area (Å²) in [5.41, 5.74) is -0.00619. The SMILES string of the molecule is Cc1c(C2=CC(C)(S(=O)(=O)n3cc(-c4cn(CCCC(=O)O)nc4C(F)(F)F)c4cccnc43)CC=C2)c(CN(C(=O)OC(C)(C)C)C(C)C)nn1C. The third-order valence-electron chi connectivity index (χ3n) is 9.03. The van der Waals surface area contributed by atoms with Gasteiger partial charge in [0.2, 0.25) is 10.0 Å². The van der Waals surface area contributed by atoms with Crippen molar-refractivity contribution in [1.82, 2.24) is 33.4 Å². The molecule has 1 amide bonds. The number of ether oxygens (including phenoxy) is 1. The zero-order valence-corrected chi connectivity index (χ0v) is 31.7. The van der Waals surface area contributed by atoms with Crippen molar-refractivity contribution in [2.45, 2.75) is 103 Å². The summed E-state index contributed by atoms with van der Waals surface area (Å²) in [6.45, 7) is 12.4. The lowest BCUT2D eigenvalue weighted by Gasteiger charge is -2.31. The van der Waals surface area contributed by atoms with Gasteiger partial charge < -0.3 is 9.84 Å². The molecule has 286 valence electrons. The molecule has 1 aliphatic rings. The number of aliphatic carboxylic acids is 1. The third-order valence-corrected chi connectivity index (χ3v) is 11.3. The molecule has 1 atom stereocenters. The summed E-state index contributed by atoms with van der Waals surface area (Å²) in [4.78, 5) is 30.0. The maximum Gasteiger partial charge on any atom is 0.435 e. The highest BCUT2D eigenvalue weighted by Gasteiger charge is 2.43. The van der Waals surface area contributed by atoms with Crippen molar-refractivity contribution in [2.24, 2.45) is 7.05 Å². The number of halogens is 3. The molecule has 5 rings (SSSR count). The molecule has 1 unspecified atom stereocenters. The van der Waals surface area contributed by atoms with Gasteiger partial charge in [-0.1, -0.05) is 18.2 Å². The van der Waals surface area contributed by atoms with Crippen molar-refractivity contribution in [3.8, 4) is 11.1 Å². The summed E-state index contributed by atoms with van der Waals surface area (Å²) in [5.74, 6) is -1.09. The lowest BCUT2D eigenvalue weighted by molar-refractivity contribution is -0.141. The lowest BCUT2D eigenvalue weighted by Crippen LogP contribution is -2.40. The number of amides is 1. The molecule has 0 saturated heterocycles. The van der Waals surface area contributed by atoms with Crippen molar-refractivity contribution < 1.29 is 41.0 Å². The first-order valence-electron chi connectivity index (χ1n) is 17.0. The molecule has 4 aromatic rings. The highest BCUT2D eigenvalue weighted by atomic mass is 32.2. The van der Waals surface area contributed by atoms with Crippen molar-refractivity contribution in [3.05, 3.63) is 71.6 Å². The number of carboxylic acids is 1. The average Bonchev–Trinajstić information content (AvgIpc) is 3.72. The van der Waals surface area contributed by atoms with E-state index in [1.165, 1.54) is 25.3 Å². The smallest absolute Gasteiger partial charge is 0.435 e. The molecule has 1 N–H and O–H groups in total. The van der Waals surface area contributed by atoms with E-state index >= 15 is 0 Å². The van der Waals surface area contributed by atoms with Gasteiger partial charge in [-0.15, -0.1) is 0 Å². The number of hydrogen-bond acceptors (Lipinski definition) is 8. The van der Waals surface area contributed by atoms with Crippen molar-refractivity contribution in [2.75, 3.05) is 0 Å². The molecular formula is C36H44F3N7O6S. The maximum atomic E-state index is 14.8. The molecule has 0 aromatic carbocycles. The molecule has 4 heterocycles. The van der Waals surface area contributed by atoms with Crippen LogP contribution in [0, 0.1) is 6.92 Å². The Kier molecular flexibility index (Phi) is 10.5. The first-order chi connectivity index (χ1) is 24.5. The zero-order chi connectivity index (χ0) is 39.3. The Labute approximate surface area is 305 Å².